The molecule has 1 aromatic carbocycles. The third-order valence-electron chi connectivity index (χ3n) is 5.57. The Hall–Kier alpha value is -0.920. The molecule has 0 saturated heterocycles. The predicted octanol–water partition coefficient (Wildman–Crippen LogP) is 7.09. The molecule has 0 amide bonds. The van der Waals surface area contributed by atoms with Crippen molar-refractivity contribution in [2.45, 2.75) is 78.1 Å². The summed E-state index contributed by atoms with van der Waals surface area (Å²) >= 11 is 0. The van der Waals surface area contributed by atoms with Crippen LogP contribution < -0.4 is 0 Å². The van der Waals surface area contributed by atoms with Crippen LogP contribution in [0.5, 0.6) is 0 Å². The van der Waals surface area contributed by atoms with Crippen molar-refractivity contribution >= 4 is 0 Å². The van der Waals surface area contributed by atoms with Gasteiger partial charge >= 0.3 is 0 Å². The molecule has 1 atom stereocenters. The zero-order valence-electron chi connectivity index (χ0n) is 15.0. The maximum Gasteiger partial charge on any atom is 0.159 e. The first-order valence-corrected chi connectivity index (χ1v) is 9.40. The Balaban J connectivity index is 1.72. The van der Waals surface area contributed by atoms with E-state index >= 15 is 0 Å². The summed E-state index contributed by atoms with van der Waals surface area (Å²) in [7, 11) is 0. The lowest BCUT2D eigenvalue weighted by Crippen LogP contribution is -2.14. The van der Waals surface area contributed by atoms with Crippen molar-refractivity contribution in [2.75, 3.05) is 0 Å². The van der Waals surface area contributed by atoms with Crippen molar-refractivity contribution < 1.29 is 8.78 Å². The summed E-state index contributed by atoms with van der Waals surface area (Å²) in [6.45, 7) is 6.98. The zero-order valence-corrected chi connectivity index (χ0v) is 15.0. The summed E-state index contributed by atoms with van der Waals surface area (Å²) in [6, 6.07) is 4.43. The van der Waals surface area contributed by atoms with E-state index in [9.17, 15) is 8.78 Å². The van der Waals surface area contributed by atoms with Gasteiger partial charge in [-0.25, -0.2) is 8.78 Å². The van der Waals surface area contributed by atoms with Crippen molar-refractivity contribution in [3.05, 3.63) is 35.4 Å². The molecule has 0 N–H and O–H groups in total. The number of halogens is 2. The summed E-state index contributed by atoms with van der Waals surface area (Å²) in [6.07, 6.45) is 10.1. The molecule has 0 heterocycles. The normalized spacial score (nSPS) is 23.2. The molecule has 0 bridgehead atoms. The predicted molar refractivity (Wildman–Crippen MR) is 93.5 cm³/mol. The fourth-order valence-corrected chi connectivity index (χ4v) is 3.83. The van der Waals surface area contributed by atoms with E-state index in [1.165, 1.54) is 50.7 Å². The lowest BCUT2D eigenvalue weighted by atomic mass is 9.76. The first-order chi connectivity index (χ1) is 11.0. The average Bonchev–Trinajstić information content (AvgIpc) is 2.54. The first kappa shape index (κ1) is 18.4. The minimum atomic E-state index is -0.738. The average molecular weight is 322 g/mol. The molecule has 130 valence electrons. The van der Waals surface area contributed by atoms with Crippen molar-refractivity contribution in [1.29, 1.82) is 0 Å². The van der Waals surface area contributed by atoms with Crippen molar-refractivity contribution in [2.24, 2.45) is 17.8 Å². The fourth-order valence-electron chi connectivity index (χ4n) is 3.83. The largest absolute Gasteiger partial charge is 0.204 e. The van der Waals surface area contributed by atoms with E-state index in [1.54, 1.807) is 6.07 Å². The molecule has 1 saturated carbocycles. The van der Waals surface area contributed by atoms with Crippen molar-refractivity contribution in [3.63, 3.8) is 0 Å². The zero-order chi connectivity index (χ0) is 16.8. The number of rotatable bonds is 7. The van der Waals surface area contributed by atoms with E-state index in [0.717, 1.165) is 36.2 Å². The van der Waals surface area contributed by atoms with E-state index < -0.39 is 11.6 Å². The molecule has 0 radical (unpaired) electrons. The molecule has 1 aliphatic carbocycles. The molecule has 1 unspecified atom stereocenters. The van der Waals surface area contributed by atoms with E-state index in [-0.39, 0.29) is 0 Å². The Morgan fingerprint density at radius 1 is 0.913 bits per heavy atom. The van der Waals surface area contributed by atoms with Crippen LogP contribution in [0.3, 0.4) is 0 Å². The van der Waals surface area contributed by atoms with Crippen LogP contribution in [0.2, 0.25) is 0 Å². The van der Waals surface area contributed by atoms with Crippen LogP contribution in [0.25, 0.3) is 0 Å². The Kier molecular flexibility index (Phi) is 7.05. The molecular weight excluding hydrogens is 290 g/mol. The van der Waals surface area contributed by atoms with Gasteiger partial charge in [0.15, 0.2) is 11.6 Å². The molecular formula is C21H32F2. The maximum atomic E-state index is 13.4. The van der Waals surface area contributed by atoms with E-state index in [4.69, 9.17) is 0 Å². The molecule has 0 aromatic heterocycles. The highest BCUT2D eigenvalue weighted by Crippen LogP contribution is 2.38. The lowest BCUT2D eigenvalue weighted by Gasteiger charge is -2.29. The van der Waals surface area contributed by atoms with Crippen LogP contribution in [-0.2, 0) is 0 Å². The maximum absolute atomic E-state index is 13.4. The van der Waals surface area contributed by atoms with Gasteiger partial charge < -0.3 is 0 Å². The Bertz CT molecular complexity index is 473. The van der Waals surface area contributed by atoms with Crippen LogP contribution in [0.4, 0.5) is 8.78 Å². The number of hydrogen-bond acceptors (Lipinski definition) is 0. The standard InChI is InChI=1S/C21H32F2/c1-15(2)4-5-16(3)6-7-17-8-10-18(11-9-17)19-12-13-20(22)21(23)14-19/h12-18H,4-11H2,1-3H3. The minimum absolute atomic E-state index is 0.416. The Morgan fingerprint density at radius 3 is 2.22 bits per heavy atom. The molecule has 1 aliphatic rings. The topological polar surface area (TPSA) is 0 Å². The Labute approximate surface area is 140 Å². The van der Waals surface area contributed by atoms with Gasteiger partial charge in [-0.2, -0.15) is 0 Å². The van der Waals surface area contributed by atoms with Crippen LogP contribution >= 0.6 is 0 Å². The number of benzene rings is 1. The molecule has 1 fully saturated rings. The van der Waals surface area contributed by atoms with Gasteiger partial charge in [-0.05, 0) is 67.1 Å². The van der Waals surface area contributed by atoms with Gasteiger partial charge in [-0.1, -0.05) is 52.5 Å². The van der Waals surface area contributed by atoms with Crippen LogP contribution in [0, 0.1) is 29.4 Å². The smallest absolute Gasteiger partial charge is 0.159 e. The molecule has 2 rings (SSSR count). The van der Waals surface area contributed by atoms with Gasteiger partial charge in [-0.15, -0.1) is 0 Å². The van der Waals surface area contributed by atoms with Gasteiger partial charge in [0.1, 0.15) is 0 Å². The molecule has 2 heteroatoms. The van der Waals surface area contributed by atoms with Crippen molar-refractivity contribution in [1.82, 2.24) is 0 Å². The molecule has 23 heavy (non-hydrogen) atoms. The summed E-state index contributed by atoms with van der Waals surface area (Å²) in [5, 5.41) is 0. The summed E-state index contributed by atoms with van der Waals surface area (Å²) < 4.78 is 26.4. The van der Waals surface area contributed by atoms with Crippen LogP contribution in [0.15, 0.2) is 18.2 Å². The monoisotopic (exact) mass is 322 g/mol. The molecule has 0 nitrogen and oxygen atoms in total. The van der Waals surface area contributed by atoms with Gasteiger partial charge in [0, 0.05) is 0 Å². The third-order valence-corrected chi connectivity index (χ3v) is 5.57. The van der Waals surface area contributed by atoms with Gasteiger partial charge in [0.2, 0.25) is 0 Å². The summed E-state index contributed by atoms with van der Waals surface area (Å²) in [5.74, 6) is 1.45. The van der Waals surface area contributed by atoms with E-state index in [2.05, 4.69) is 20.8 Å². The minimum Gasteiger partial charge on any atom is -0.204 e. The quantitative estimate of drug-likeness (QED) is 0.502. The Morgan fingerprint density at radius 2 is 1.61 bits per heavy atom. The molecule has 0 aliphatic heterocycles. The summed E-state index contributed by atoms with van der Waals surface area (Å²) in [5.41, 5.74) is 0.979. The lowest BCUT2D eigenvalue weighted by molar-refractivity contribution is 0.283. The van der Waals surface area contributed by atoms with Crippen LogP contribution in [-0.4, -0.2) is 0 Å². The van der Waals surface area contributed by atoms with Gasteiger partial charge in [0.05, 0.1) is 0 Å². The summed E-state index contributed by atoms with van der Waals surface area (Å²) in [4.78, 5) is 0. The highest BCUT2D eigenvalue weighted by atomic mass is 19.2. The van der Waals surface area contributed by atoms with Gasteiger partial charge in [0.25, 0.3) is 0 Å². The fraction of sp³-hybridized carbons (Fsp3) is 0.714. The second-order valence-corrected chi connectivity index (χ2v) is 8.04. The van der Waals surface area contributed by atoms with Crippen molar-refractivity contribution in [3.8, 4) is 0 Å². The number of hydrogen-bond donors (Lipinski definition) is 0. The third kappa shape index (κ3) is 5.90. The highest BCUT2D eigenvalue weighted by Gasteiger charge is 2.23. The highest BCUT2D eigenvalue weighted by molar-refractivity contribution is 5.22. The molecule has 0 spiro atoms. The SMILES string of the molecule is CC(C)CCC(C)CCC1CCC(c2ccc(F)c(F)c2)CC1. The van der Waals surface area contributed by atoms with E-state index in [0.29, 0.717) is 5.92 Å². The molecule has 1 aromatic rings. The second kappa shape index (κ2) is 8.80. The first-order valence-electron chi connectivity index (χ1n) is 9.40. The van der Waals surface area contributed by atoms with E-state index in [1.807, 2.05) is 0 Å². The second-order valence-electron chi connectivity index (χ2n) is 8.04. The van der Waals surface area contributed by atoms with Crippen LogP contribution in [0.1, 0.15) is 83.6 Å². The van der Waals surface area contributed by atoms with Gasteiger partial charge in [-0.3, -0.25) is 0 Å².